The summed E-state index contributed by atoms with van der Waals surface area (Å²) < 4.78 is 0. The molecule has 0 aliphatic carbocycles. The van der Waals surface area contributed by atoms with E-state index in [0.29, 0.717) is 6.42 Å². The quantitative estimate of drug-likeness (QED) is 0.683. The van der Waals surface area contributed by atoms with Gasteiger partial charge in [0, 0.05) is 24.2 Å². The summed E-state index contributed by atoms with van der Waals surface area (Å²) in [6.45, 7) is 1.91. The van der Waals surface area contributed by atoms with Crippen molar-refractivity contribution in [1.82, 2.24) is 9.97 Å². The molecule has 0 bridgehead atoms. The van der Waals surface area contributed by atoms with Crippen molar-refractivity contribution >= 4 is 28.0 Å². The van der Waals surface area contributed by atoms with Gasteiger partial charge in [0.1, 0.15) is 0 Å². The third-order valence-electron chi connectivity index (χ3n) is 2.99. The number of benzene rings is 1. The van der Waals surface area contributed by atoms with Crippen molar-refractivity contribution in [1.29, 1.82) is 0 Å². The number of pyridine rings is 1. The zero-order valence-corrected chi connectivity index (χ0v) is 11.3. The average Bonchev–Trinajstić information content (AvgIpc) is 2.86. The van der Waals surface area contributed by atoms with E-state index in [1.807, 2.05) is 37.3 Å². The van der Waals surface area contributed by atoms with Gasteiger partial charge in [-0.25, -0.2) is 4.98 Å². The van der Waals surface area contributed by atoms with Crippen molar-refractivity contribution < 1.29 is 4.79 Å². The van der Waals surface area contributed by atoms with Gasteiger partial charge in [-0.3, -0.25) is 9.78 Å². The molecule has 3 nitrogen and oxygen atoms in total. The molecule has 3 aromatic rings. The summed E-state index contributed by atoms with van der Waals surface area (Å²) in [7, 11) is 0. The summed E-state index contributed by atoms with van der Waals surface area (Å²) in [5, 5.41) is 1.96. The molecule has 19 heavy (non-hydrogen) atoms. The first-order chi connectivity index (χ1) is 9.24. The van der Waals surface area contributed by atoms with Crippen LogP contribution in [0.1, 0.15) is 20.2 Å². The highest BCUT2D eigenvalue weighted by Gasteiger charge is 2.12. The van der Waals surface area contributed by atoms with Crippen molar-refractivity contribution in [3.8, 4) is 0 Å². The molecule has 1 aromatic carbocycles. The Kier molecular flexibility index (Phi) is 3.09. The Morgan fingerprint density at radius 3 is 2.84 bits per heavy atom. The van der Waals surface area contributed by atoms with E-state index in [4.69, 9.17) is 0 Å². The van der Waals surface area contributed by atoms with E-state index in [9.17, 15) is 4.79 Å². The fourth-order valence-corrected chi connectivity index (χ4v) is 2.77. The maximum Gasteiger partial charge on any atom is 0.178 e. The highest BCUT2D eigenvalue weighted by atomic mass is 32.1. The molecule has 2 aromatic heterocycles. The number of hydrogen-bond acceptors (Lipinski definition) is 4. The number of rotatable bonds is 3. The Balaban J connectivity index is 1.95. The Morgan fingerprint density at radius 2 is 2.05 bits per heavy atom. The molecule has 0 N–H and O–H groups in total. The molecule has 0 saturated carbocycles. The topological polar surface area (TPSA) is 42.9 Å². The molecular formula is C15H12N2OS. The third-order valence-corrected chi connectivity index (χ3v) is 3.94. The van der Waals surface area contributed by atoms with Crippen molar-refractivity contribution in [3.05, 3.63) is 58.2 Å². The summed E-state index contributed by atoms with van der Waals surface area (Å²) in [4.78, 5) is 21.4. The van der Waals surface area contributed by atoms with Crippen LogP contribution >= 0.6 is 11.3 Å². The molecule has 0 radical (unpaired) electrons. The SMILES string of the molecule is Cc1ncc(C(=O)Cc2ccnc3ccccc23)s1. The minimum absolute atomic E-state index is 0.113. The van der Waals surface area contributed by atoms with Gasteiger partial charge in [0.15, 0.2) is 5.78 Å². The number of Topliss-reactive ketones (excluding diaryl/α,β-unsaturated/α-hetero) is 1. The second-order valence-corrected chi connectivity index (χ2v) is 5.57. The second kappa shape index (κ2) is 4.90. The summed E-state index contributed by atoms with van der Waals surface area (Å²) in [6, 6.07) is 9.79. The van der Waals surface area contributed by atoms with E-state index in [1.54, 1.807) is 12.4 Å². The predicted octanol–water partition coefficient (Wildman–Crippen LogP) is 3.43. The van der Waals surface area contributed by atoms with Crippen LogP contribution in [0, 0.1) is 6.92 Å². The van der Waals surface area contributed by atoms with Gasteiger partial charge in [-0.05, 0) is 24.6 Å². The number of hydrogen-bond donors (Lipinski definition) is 0. The van der Waals surface area contributed by atoms with Crippen LogP contribution in [0.3, 0.4) is 0 Å². The minimum atomic E-state index is 0.113. The molecule has 0 spiro atoms. The maximum atomic E-state index is 12.2. The normalized spacial score (nSPS) is 10.8. The van der Waals surface area contributed by atoms with Crippen LogP contribution in [0.15, 0.2) is 42.7 Å². The molecule has 94 valence electrons. The lowest BCUT2D eigenvalue weighted by molar-refractivity contribution is 0.0997. The average molecular weight is 268 g/mol. The van der Waals surface area contributed by atoms with Crippen molar-refractivity contribution in [3.63, 3.8) is 0 Å². The Bertz CT molecular complexity index is 743. The highest BCUT2D eigenvalue weighted by molar-refractivity contribution is 7.13. The van der Waals surface area contributed by atoms with Gasteiger partial charge in [0.25, 0.3) is 0 Å². The van der Waals surface area contributed by atoms with Gasteiger partial charge < -0.3 is 0 Å². The number of aromatic nitrogens is 2. The number of para-hydroxylation sites is 1. The molecule has 4 heteroatoms. The predicted molar refractivity (Wildman–Crippen MR) is 76.6 cm³/mol. The Hall–Kier alpha value is -2.07. The standard InChI is InChI=1S/C15H12N2OS/c1-10-17-9-15(19-10)14(18)8-11-6-7-16-13-5-3-2-4-12(11)13/h2-7,9H,8H2,1H3. The van der Waals surface area contributed by atoms with E-state index in [2.05, 4.69) is 9.97 Å². The molecule has 0 aliphatic heterocycles. The smallest absolute Gasteiger partial charge is 0.178 e. The molecule has 0 aliphatic rings. The van der Waals surface area contributed by atoms with Crippen LogP contribution in [0.5, 0.6) is 0 Å². The molecule has 0 amide bonds. The maximum absolute atomic E-state index is 12.2. The largest absolute Gasteiger partial charge is 0.293 e. The molecular weight excluding hydrogens is 256 g/mol. The fourth-order valence-electron chi connectivity index (χ4n) is 2.06. The Labute approximate surface area is 115 Å². The van der Waals surface area contributed by atoms with Crippen LogP contribution in [-0.4, -0.2) is 15.8 Å². The number of aryl methyl sites for hydroxylation is 1. The number of fused-ring (bicyclic) bond motifs is 1. The first-order valence-corrected chi connectivity index (χ1v) is 6.84. The van der Waals surface area contributed by atoms with Crippen LogP contribution in [0.2, 0.25) is 0 Å². The van der Waals surface area contributed by atoms with Crippen LogP contribution < -0.4 is 0 Å². The lowest BCUT2D eigenvalue weighted by atomic mass is 10.0. The molecule has 0 atom stereocenters. The molecule has 3 rings (SSSR count). The van der Waals surface area contributed by atoms with Gasteiger partial charge in [-0.2, -0.15) is 0 Å². The van der Waals surface area contributed by atoms with E-state index in [1.165, 1.54) is 11.3 Å². The van der Waals surface area contributed by atoms with E-state index in [0.717, 1.165) is 26.4 Å². The number of nitrogens with zero attached hydrogens (tertiary/aromatic N) is 2. The fraction of sp³-hybridized carbons (Fsp3) is 0.133. The summed E-state index contributed by atoms with van der Waals surface area (Å²) in [5.41, 5.74) is 1.94. The summed E-state index contributed by atoms with van der Waals surface area (Å²) in [6.07, 6.45) is 3.80. The second-order valence-electron chi connectivity index (χ2n) is 4.33. The van der Waals surface area contributed by atoms with E-state index < -0.39 is 0 Å². The van der Waals surface area contributed by atoms with Crippen molar-refractivity contribution in [2.24, 2.45) is 0 Å². The zero-order chi connectivity index (χ0) is 13.2. The highest BCUT2D eigenvalue weighted by Crippen LogP contribution is 2.20. The van der Waals surface area contributed by atoms with E-state index >= 15 is 0 Å². The minimum Gasteiger partial charge on any atom is -0.293 e. The van der Waals surface area contributed by atoms with Gasteiger partial charge in [-0.1, -0.05) is 18.2 Å². The number of thiazole rings is 1. The first kappa shape index (κ1) is 12.0. The van der Waals surface area contributed by atoms with Crippen LogP contribution in [0.25, 0.3) is 10.9 Å². The molecule has 0 saturated heterocycles. The van der Waals surface area contributed by atoms with Gasteiger partial charge >= 0.3 is 0 Å². The molecule has 2 heterocycles. The van der Waals surface area contributed by atoms with Crippen molar-refractivity contribution in [2.45, 2.75) is 13.3 Å². The first-order valence-electron chi connectivity index (χ1n) is 6.02. The van der Waals surface area contributed by atoms with Crippen LogP contribution in [0.4, 0.5) is 0 Å². The van der Waals surface area contributed by atoms with Gasteiger partial charge in [0.2, 0.25) is 0 Å². The molecule has 0 fully saturated rings. The zero-order valence-electron chi connectivity index (χ0n) is 10.5. The third kappa shape index (κ3) is 2.39. The van der Waals surface area contributed by atoms with Gasteiger partial charge in [-0.15, -0.1) is 11.3 Å². The lowest BCUT2D eigenvalue weighted by Gasteiger charge is -2.04. The Morgan fingerprint density at radius 1 is 1.21 bits per heavy atom. The summed E-state index contributed by atoms with van der Waals surface area (Å²) in [5.74, 6) is 0.113. The van der Waals surface area contributed by atoms with Crippen molar-refractivity contribution in [2.75, 3.05) is 0 Å². The molecule has 0 unspecified atom stereocenters. The monoisotopic (exact) mass is 268 g/mol. The summed E-state index contributed by atoms with van der Waals surface area (Å²) >= 11 is 1.44. The van der Waals surface area contributed by atoms with Crippen LogP contribution in [-0.2, 0) is 6.42 Å². The number of ketones is 1. The van der Waals surface area contributed by atoms with E-state index in [-0.39, 0.29) is 5.78 Å². The lowest BCUT2D eigenvalue weighted by Crippen LogP contribution is -2.02. The number of carbonyl (C=O) groups excluding carboxylic acids is 1. The van der Waals surface area contributed by atoms with Gasteiger partial charge in [0.05, 0.1) is 15.4 Å². The number of carbonyl (C=O) groups is 1.